The summed E-state index contributed by atoms with van der Waals surface area (Å²) in [7, 11) is 0. The van der Waals surface area contributed by atoms with Crippen molar-refractivity contribution >= 4 is 34.2 Å². The maximum atomic E-state index is 15.1. The number of pyridine rings is 1. The number of carboxylic acid groups (broad SMARTS) is 1. The first kappa shape index (κ1) is 24.0. The number of anilines is 1. The van der Waals surface area contributed by atoms with Crippen molar-refractivity contribution in [1.82, 2.24) is 19.7 Å². The van der Waals surface area contributed by atoms with Crippen molar-refractivity contribution in [2.24, 2.45) is 0 Å². The van der Waals surface area contributed by atoms with E-state index in [1.54, 1.807) is 16.7 Å². The first-order valence-electron chi connectivity index (χ1n) is 11.5. The van der Waals surface area contributed by atoms with Crippen molar-refractivity contribution in [2.45, 2.75) is 20.0 Å². The summed E-state index contributed by atoms with van der Waals surface area (Å²) >= 11 is 6.21. The van der Waals surface area contributed by atoms with Gasteiger partial charge in [0, 0.05) is 44.3 Å². The fraction of sp³-hybridized carbons (Fsp3) is 0.280. The predicted octanol–water partition coefficient (Wildman–Crippen LogP) is 3.88. The van der Waals surface area contributed by atoms with Gasteiger partial charge in [0.2, 0.25) is 17.2 Å². The molecule has 0 atom stereocenters. The molecule has 1 aliphatic rings. The predicted molar refractivity (Wildman–Crippen MR) is 133 cm³/mol. The van der Waals surface area contributed by atoms with Gasteiger partial charge in [-0.2, -0.15) is 0 Å². The Bertz CT molecular complexity index is 1510. The highest BCUT2D eigenvalue weighted by atomic mass is 35.5. The third kappa shape index (κ3) is 4.45. The van der Waals surface area contributed by atoms with Gasteiger partial charge in [-0.05, 0) is 31.2 Å². The Balaban J connectivity index is 1.32. The molecule has 11 heteroatoms. The second-order valence-corrected chi connectivity index (χ2v) is 8.94. The Morgan fingerprint density at radius 2 is 1.92 bits per heavy atom. The monoisotopic (exact) mass is 511 g/mol. The summed E-state index contributed by atoms with van der Waals surface area (Å²) in [6.45, 7) is 5.12. The number of benzene rings is 2. The number of carbonyl (C=O) groups is 1. The molecule has 2 aromatic heterocycles. The van der Waals surface area contributed by atoms with Gasteiger partial charge in [-0.3, -0.25) is 9.69 Å². The van der Waals surface area contributed by atoms with E-state index >= 15 is 4.39 Å². The molecular weight excluding hydrogens is 489 g/mol. The normalized spacial score (nSPS) is 14.5. The first-order chi connectivity index (χ1) is 17.4. The van der Waals surface area contributed by atoms with Crippen LogP contribution in [0.5, 0.6) is 0 Å². The molecule has 0 bridgehead atoms. The van der Waals surface area contributed by atoms with E-state index < -0.39 is 17.2 Å². The number of carboxylic acids is 1. The first-order valence-corrected chi connectivity index (χ1v) is 11.9. The molecule has 0 unspecified atom stereocenters. The van der Waals surface area contributed by atoms with E-state index in [4.69, 9.17) is 16.0 Å². The highest BCUT2D eigenvalue weighted by Gasteiger charge is 2.24. The maximum Gasteiger partial charge on any atom is 0.341 e. The number of piperazine rings is 1. The number of fused-ring (bicyclic) bond motifs is 1. The average molecular weight is 512 g/mol. The molecule has 0 saturated carbocycles. The lowest BCUT2D eigenvalue weighted by Gasteiger charge is -2.35. The van der Waals surface area contributed by atoms with Gasteiger partial charge in [0.1, 0.15) is 11.4 Å². The van der Waals surface area contributed by atoms with Gasteiger partial charge in [0.25, 0.3) is 0 Å². The molecule has 3 heterocycles. The Hall–Kier alpha value is -3.76. The molecule has 4 aromatic rings. The van der Waals surface area contributed by atoms with Crippen molar-refractivity contribution in [2.75, 3.05) is 31.1 Å². The minimum absolute atomic E-state index is 0.0577. The SMILES string of the molecule is CCn1cc(C(=O)O)c(=O)c2cc(F)c(N3CCN(Cc4nnc(-c5ccccc5Cl)o4)CC3)cc21. The average Bonchev–Trinajstić information content (AvgIpc) is 3.33. The van der Waals surface area contributed by atoms with Gasteiger partial charge >= 0.3 is 5.97 Å². The van der Waals surface area contributed by atoms with E-state index in [1.165, 1.54) is 6.20 Å². The fourth-order valence-corrected chi connectivity index (χ4v) is 4.67. The smallest absolute Gasteiger partial charge is 0.341 e. The van der Waals surface area contributed by atoms with Crippen LogP contribution in [0.1, 0.15) is 23.2 Å². The van der Waals surface area contributed by atoms with Gasteiger partial charge in [-0.25, -0.2) is 9.18 Å². The molecule has 2 aromatic carbocycles. The van der Waals surface area contributed by atoms with Crippen molar-refractivity contribution < 1.29 is 18.7 Å². The van der Waals surface area contributed by atoms with Crippen LogP contribution in [0.25, 0.3) is 22.4 Å². The van der Waals surface area contributed by atoms with Crippen molar-refractivity contribution in [1.29, 1.82) is 0 Å². The molecule has 1 N–H and O–H groups in total. The van der Waals surface area contributed by atoms with Gasteiger partial charge in [-0.1, -0.05) is 23.7 Å². The van der Waals surface area contributed by atoms with Crippen LogP contribution in [0, 0.1) is 5.82 Å². The minimum Gasteiger partial charge on any atom is -0.477 e. The molecular formula is C25H23ClFN5O4. The van der Waals surface area contributed by atoms with Crippen molar-refractivity contribution in [3.05, 3.63) is 75.1 Å². The number of nitrogens with zero attached hydrogens (tertiary/aromatic N) is 5. The quantitative estimate of drug-likeness (QED) is 0.416. The summed E-state index contributed by atoms with van der Waals surface area (Å²) in [4.78, 5) is 28.1. The van der Waals surface area contributed by atoms with Crippen LogP contribution < -0.4 is 10.3 Å². The summed E-state index contributed by atoms with van der Waals surface area (Å²) < 4.78 is 22.6. The zero-order chi connectivity index (χ0) is 25.4. The number of aromatic carboxylic acids is 1. The summed E-state index contributed by atoms with van der Waals surface area (Å²) in [6.07, 6.45) is 1.31. The highest BCUT2D eigenvalue weighted by Crippen LogP contribution is 2.28. The summed E-state index contributed by atoms with van der Waals surface area (Å²) in [5.41, 5.74) is 0.502. The Morgan fingerprint density at radius 3 is 2.61 bits per heavy atom. The Labute approximate surface area is 210 Å². The molecule has 0 amide bonds. The number of hydrogen-bond donors (Lipinski definition) is 1. The lowest BCUT2D eigenvalue weighted by atomic mass is 10.1. The molecule has 0 spiro atoms. The molecule has 5 rings (SSSR count). The summed E-state index contributed by atoms with van der Waals surface area (Å²) in [5.74, 6) is -1.05. The molecule has 1 fully saturated rings. The number of aromatic nitrogens is 3. The lowest BCUT2D eigenvalue weighted by Crippen LogP contribution is -2.46. The van der Waals surface area contributed by atoms with Gasteiger partial charge < -0.3 is 19.0 Å². The minimum atomic E-state index is -1.33. The number of rotatable bonds is 6. The van der Waals surface area contributed by atoms with Crippen LogP contribution in [-0.4, -0.2) is 56.9 Å². The van der Waals surface area contributed by atoms with E-state index in [1.807, 2.05) is 30.0 Å². The van der Waals surface area contributed by atoms with E-state index in [0.717, 1.165) is 6.07 Å². The van der Waals surface area contributed by atoms with Crippen LogP contribution in [0.2, 0.25) is 5.02 Å². The Morgan fingerprint density at radius 1 is 1.17 bits per heavy atom. The third-order valence-electron chi connectivity index (χ3n) is 6.36. The molecule has 1 saturated heterocycles. The zero-order valence-electron chi connectivity index (χ0n) is 19.4. The lowest BCUT2D eigenvalue weighted by molar-refractivity contribution is 0.0695. The Kier molecular flexibility index (Phi) is 6.46. The van der Waals surface area contributed by atoms with Crippen molar-refractivity contribution in [3.63, 3.8) is 0 Å². The van der Waals surface area contributed by atoms with Crippen LogP contribution >= 0.6 is 11.6 Å². The maximum absolute atomic E-state index is 15.1. The summed E-state index contributed by atoms with van der Waals surface area (Å²) in [5, 5.41) is 18.2. The summed E-state index contributed by atoms with van der Waals surface area (Å²) in [6, 6.07) is 10.0. The van der Waals surface area contributed by atoms with Crippen LogP contribution in [-0.2, 0) is 13.1 Å². The molecule has 0 aliphatic carbocycles. The van der Waals surface area contributed by atoms with E-state index in [-0.39, 0.29) is 10.9 Å². The van der Waals surface area contributed by atoms with Crippen LogP contribution in [0.3, 0.4) is 0 Å². The molecule has 9 nitrogen and oxygen atoms in total. The van der Waals surface area contributed by atoms with Gasteiger partial charge in [0.15, 0.2) is 0 Å². The molecule has 186 valence electrons. The zero-order valence-corrected chi connectivity index (χ0v) is 20.2. The van der Waals surface area contributed by atoms with E-state index in [2.05, 4.69) is 15.1 Å². The topological polar surface area (TPSA) is 105 Å². The van der Waals surface area contributed by atoms with Gasteiger partial charge in [-0.15, -0.1) is 10.2 Å². The largest absolute Gasteiger partial charge is 0.477 e. The van der Waals surface area contributed by atoms with Crippen LogP contribution in [0.4, 0.5) is 10.1 Å². The van der Waals surface area contributed by atoms with E-state index in [0.29, 0.717) is 72.8 Å². The van der Waals surface area contributed by atoms with Gasteiger partial charge in [0.05, 0.1) is 28.3 Å². The van der Waals surface area contributed by atoms with Crippen LogP contribution in [0.15, 0.2) is 51.8 Å². The third-order valence-corrected chi connectivity index (χ3v) is 6.69. The second kappa shape index (κ2) is 9.71. The molecule has 36 heavy (non-hydrogen) atoms. The number of halogens is 2. The number of aryl methyl sites for hydroxylation is 1. The molecule has 0 radical (unpaired) electrons. The van der Waals surface area contributed by atoms with E-state index in [9.17, 15) is 14.7 Å². The fourth-order valence-electron chi connectivity index (χ4n) is 4.45. The number of hydrogen-bond acceptors (Lipinski definition) is 7. The standard InChI is InChI=1S/C25H23ClFN5O4/c1-2-31-13-17(25(34)35)23(33)16-11-19(27)21(12-20(16)31)32-9-7-30(8-10-32)14-22-28-29-24(36-22)15-5-3-4-6-18(15)26/h3-6,11-13H,2,7-10,14H2,1H3,(H,34,35). The second-order valence-electron chi connectivity index (χ2n) is 8.53. The highest BCUT2D eigenvalue weighted by molar-refractivity contribution is 6.33. The van der Waals surface area contributed by atoms with Crippen molar-refractivity contribution in [3.8, 4) is 11.5 Å². The molecule has 1 aliphatic heterocycles.